The van der Waals surface area contributed by atoms with Crippen LogP contribution in [0.2, 0.25) is 0 Å². The fraction of sp³-hybridized carbons (Fsp3) is 0.240. The third kappa shape index (κ3) is 3.79. The average molecular weight is 460 g/mol. The van der Waals surface area contributed by atoms with Crippen molar-refractivity contribution in [1.82, 2.24) is 15.6 Å². The van der Waals surface area contributed by atoms with Crippen molar-refractivity contribution in [1.29, 1.82) is 0 Å². The first-order chi connectivity index (χ1) is 16.5. The van der Waals surface area contributed by atoms with E-state index >= 15 is 0 Å². The molecule has 1 aromatic heterocycles. The van der Waals surface area contributed by atoms with E-state index in [1.807, 2.05) is 18.2 Å². The van der Waals surface area contributed by atoms with Gasteiger partial charge in [-0.05, 0) is 48.4 Å². The maximum atomic E-state index is 13.3. The van der Waals surface area contributed by atoms with Crippen LogP contribution < -0.4 is 25.4 Å². The molecule has 1 aliphatic carbocycles. The maximum absolute atomic E-state index is 13.3. The summed E-state index contributed by atoms with van der Waals surface area (Å²) in [5.41, 5.74) is 2.54. The van der Waals surface area contributed by atoms with Gasteiger partial charge in [0.25, 0.3) is 0 Å². The topological polar surface area (TPSA) is 102 Å². The minimum Gasteiger partial charge on any atom is -0.487 e. The van der Waals surface area contributed by atoms with E-state index in [1.54, 1.807) is 24.4 Å². The molecule has 2 aromatic carbocycles. The van der Waals surface area contributed by atoms with Gasteiger partial charge < -0.3 is 25.4 Å². The summed E-state index contributed by atoms with van der Waals surface area (Å²) < 4.78 is 25.4. The molecule has 0 radical (unpaired) electrons. The highest BCUT2D eigenvalue weighted by atomic mass is 19.1. The number of nitrogens with one attached hydrogen (secondary N) is 3. The quantitative estimate of drug-likeness (QED) is 0.540. The summed E-state index contributed by atoms with van der Waals surface area (Å²) in [5.74, 6) is 2.28. The number of rotatable bonds is 5. The summed E-state index contributed by atoms with van der Waals surface area (Å²) in [6.45, 7) is 0.234. The lowest BCUT2D eigenvalue weighted by Crippen LogP contribution is -2.38. The lowest BCUT2D eigenvalue weighted by Gasteiger charge is -2.19. The Morgan fingerprint density at radius 2 is 2.12 bits per heavy atom. The van der Waals surface area contributed by atoms with Gasteiger partial charge in [-0.15, -0.1) is 0 Å². The Morgan fingerprint density at radius 1 is 1.21 bits per heavy atom. The third-order valence-corrected chi connectivity index (χ3v) is 6.30. The molecule has 3 aromatic rings. The zero-order valence-corrected chi connectivity index (χ0v) is 18.0. The molecule has 0 bridgehead atoms. The number of nitrogens with zero attached hydrogens (tertiary/aromatic N) is 1. The van der Waals surface area contributed by atoms with E-state index in [0.717, 1.165) is 16.9 Å². The highest BCUT2D eigenvalue weighted by molar-refractivity contribution is 5.93. The number of fused-ring (bicyclic) bond motifs is 4. The molecule has 3 heterocycles. The predicted octanol–water partition coefficient (Wildman–Crippen LogP) is 3.62. The van der Waals surface area contributed by atoms with E-state index in [2.05, 4.69) is 20.9 Å². The molecule has 3 amide bonds. The van der Waals surface area contributed by atoms with Crippen LogP contribution in [-0.4, -0.2) is 29.1 Å². The number of carbonyl (C=O) groups is 2. The zero-order chi connectivity index (χ0) is 23.2. The molecule has 1 saturated carbocycles. The number of urea groups is 1. The highest BCUT2D eigenvalue weighted by Gasteiger charge is 2.59. The molecular weight excluding hydrogens is 439 g/mol. The third-order valence-electron chi connectivity index (χ3n) is 6.30. The van der Waals surface area contributed by atoms with E-state index in [4.69, 9.17) is 9.47 Å². The van der Waals surface area contributed by atoms with Crippen molar-refractivity contribution >= 4 is 17.8 Å². The molecule has 3 aliphatic rings. The van der Waals surface area contributed by atoms with Crippen molar-refractivity contribution in [2.24, 2.45) is 0 Å². The number of hydrogen-bond donors (Lipinski definition) is 3. The van der Waals surface area contributed by atoms with Crippen LogP contribution in [0, 0.1) is 5.82 Å². The van der Waals surface area contributed by atoms with E-state index in [-0.39, 0.29) is 42.4 Å². The van der Waals surface area contributed by atoms with Crippen LogP contribution in [0.15, 0.2) is 54.7 Å². The average Bonchev–Trinajstić information content (AvgIpc) is 3.34. The first kappa shape index (κ1) is 20.5. The van der Waals surface area contributed by atoms with Gasteiger partial charge >= 0.3 is 6.03 Å². The Bertz CT molecular complexity index is 1310. The normalized spacial score (nSPS) is 21.3. The number of ether oxygens (including phenoxy) is 2. The molecule has 1 unspecified atom stereocenters. The molecule has 3 N–H and O–H groups in total. The number of halogens is 1. The smallest absolute Gasteiger partial charge is 0.315 e. The predicted molar refractivity (Wildman–Crippen MR) is 120 cm³/mol. The molecule has 2 aliphatic heterocycles. The number of amides is 3. The molecule has 6 rings (SSSR count). The molecule has 0 saturated heterocycles. The molecule has 34 heavy (non-hydrogen) atoms. The lowest BCUT2D eigenvalue weighted by molar-refractivity contribution is -0.116. The van der Waals surface area contributed by atoms with Gasteiger partial charge in [0.2, 0.25) is 5.91 Å². The fourth-order valence-corrected chi connectivity index (χ4v) is 4.59. The van der Waals surface area contributed by atoms with E-state index < -0.39 is 0 Å². The molecule has 0 spiro atoms. The van der Waals surface area contributed by atoms with Crippen molar-refractivity contribution in [2.45, 2.75) is 37.5 Å². The van der Waals surface area contributed by atoms with Gasteiger partial charge in [0.1, 0.15) is 35.0 Å². The Morgan fingerprint density at radius 3 is 3.00 bits per heavy atom. The first-order valence-corrected chi connectivity index (χ1v) is 11.1. The highest BCUT2D eigenvalue weighted by Crippen LogP contribution is 2.54. The lowest BCUT2D eigenvalue weighted by atomic mass is 10.1. The maximum Gasteiger partial charge on any atom is 0.315 e. The second-order valence-electron chi connectivity index (χ2n) is 8.58. The van der Waals surface area contributed by atoms with Crippen LogP contribution in [0.25, 0.3) is 0 Å². The molecule has 9 heteroatoms. The molecule has 8 nitrogen and oxygen atoms in total. The van der Waals surface area contributed by atoms with Crippen molar-refractivity contribution in [3.05, 3.63) is 77.2 Å². The summed E-state index contributed by atoms with van der Waals surface area (Å²) >= 11 is 0. The minimum atomic E-state index is -0.337. The van der Waals surface area contributed by atoms with E-state index in [9.17, 15) is 14.0 Å². The Balaban J connectivity index is 1.11. The SMILES string of the molecule is O=C1CCc2c(Oc3ccc4c(c3)[C@@H]3C(O4)[C@@H]3NC(=O)NCc3cccc(F)c3)ccnc2N1. The Labute approximate surface area is 194 Å². The molecule has 3 atom stereocenters. The summed E-state index contributed by atoms with van der Waals surface area (Å²) in [5, 5.41) is 8.47. The minimum absolute atomic E-state index is 0.0455. The molecule has 172 valence electrons. The van der Waals surface area contributed by atoms with Crippen molar-refractivity contribution in [3.63, 3.8) is 0 Å². The van der Waals surface area contributed by atoms with Crippen molar-refractivity contribution < 1.29 is 23.5 Å². The number of anilines is 1. The summed E-state index contributed by atoms with van der Waals surface area (Å²) in [4.78, 5) is 28.2. The van der Waals surface area contributed by atoms with Gasteiger partial charge in [-0.1, -0.05) is 12.1 Å². The van der Waals surface area contributed by atoms with E-state index in [0.29, 0.717) is 35.7 Å². The number of carbonyl (C=O) groups excluding carboxylic acids is 2. The largest absolute Gasteiger partial charge is 0.487 e. The van der Waals surface area contributed by atoms with Gasteiger partial charge in [-0.2, -0.15) is 0 Å². The van der Waals surface area contributed by atoms with Gasteiger partial charge in [-0.3, -0.25) is 4.79 Å². The van der Waals surface area contributed by atoms with Crippen molar-refractivity contribution in [3.8, 4) is 17.2 Å². The zero-order valence-electron chi connectivity index (χ0n) is 18.0. The number of benzene rings is 2. The summed E-state index contributed by atoms with van der Waals surface area (Å²) in [6.07, 6.45) is 2.45. The number of pyridine rings is 1. The number of aromatic nitrogens is 1. The van der Waals surface area contributed by atoms with Crippen LogP contribution in [0.3, 0.4) is 0 Å². The monoisotopic (exact) mass is 460 g/mol. The van der Waals surface area contributed by atoms with Crippen LogP contribution in [0.4, 0.5) is 15.0 Å². The second-order valence-corrected chi connectivity index (χ2v) is 8.58. The summed E-state index contributed by atoms with van der Waals surface area (Å²) in [6, 6.07) is 13.1. The standard InChI is InChI=1S/C25H21FN4O4/c26-14-3-1-2-13(10-14)12-28-25(32)30-22-21-17-11-15(4-6-18(17)34-23(21)22)33-19-8-9-27-24-16(19)5-7-20(31)29-24/h1-4,6,8-11,21-23H,5,7,12H2,(H,27,29,31)(H2,28,30,32)/t21-,22+,23?/m0/s1. The first-order valence-electron chi connectivity index (χ1n) is 11.1. The van der Waals surface area contributed by atoms with Gasteiger partial charge in [-0.25, -0.2) is 14.2 Å². The van der Waals surface area contributed by atoms with Crippen LogP contribution in [-0.2, 0) is 17.8 Å². The van der Waals surface area contributed by atoms with Crippen molar-refractivity contribution in [2.75, 3.05) is 5.32 Å². The molecule has 1 fully saturated rings. The van der Waals surface area contributed by atoms with Gasteiger partial charge in [0.15, 0.2) is 0 Å². The van der Waals surface area contributed by atoms with Crippen LogP contribution in [0.1, 0.15) is 29.0 Å². The Hall–Kier alpha value is -4.14. The fourth-order valence-electron chi connectivity index (χ4n) is 4.59. The van der Waals surface area contributed by atoms with Gasteiger partial charge in [0, 0.05) is 30.3 Å². The van der Waals surface area contributed by atoms with Crippen LogP contribution in [0.5, 0.6) is 17.2 Å². The number of hydrogen-bond acceptors (Lipinski definition) is 5. The second kappa shape index (κ2) is 8.02. The molecular formula is C25H21FN4O4. The van der Waals surface area contributed by atoms with Gasteiger partial charge in [0.05, 0.1) is 12.0 Å². The summed E-state index contributed by atoms with van der Waals surface area (Å²) in [7, 11) is 0. The van der Waals surface area contributed by atoms with E-state index in [1.165, 1.54) is 12.1 Å². The Kier molecular flexibility index (Phi) is 4.83. The van der Waals surface area contributed by atoms with Crippen LogP contribution >= 0.6 is 0 Å².